The highest BCUT2D eigenvalue weighted by molar-refractivity contribution is 5.80. The Morgan fingerprint density at radius 2 is 2.07 bits per heavy atom. The molecule has 0 radical (unpaired) electrons. The van der Waals surface area contributed by atoms with E-state index in [4.69, 9.17) is 0 Å². The van der Waals surface area contributed by atoms with E-state index < -0.39 is 0 Å². The van der Waals surface area contributed by atoms with E-state index in [1.165, 1.54) is 12.0 Å². The van der Waals surface area contributed by atoms with Crippen LogP contribution in [0.3, 0.4) is 0 Å². The predicted molar refractivity (Wildman–Crippen MR) is 63.1 cm³/mol. The molecule has 0 spiro atoms. The van der Waals surface area contributed by atoms with Crippen molar-refractivity contribution in [3.8, 4) is 0 Å². The molecular formula is C12H17N3. The summed E-state index contributed by atoms with van der Waals surface area (Å²) >= 11 is 0. The van der Waals surface area contributed by atoms with Crippen molar-refractivity contribution in [3.63, 3.8) is 0 Å². The van der Waals surface area contributed by atoms with E-state index in [0.29, 0.717) is 12.0 Å². The molecule has 0 aliphatic heterocycles. The van der Waals surface area contributed by atoms with Crippen LogP contribution in [0.15, 0.2) is 35.3 Å². The molecule has 1 aromatic rings. The van der Waals surface area contributed by atoms with Crippen LogP contribution in [-0.2, 0) is 0 Å². The molecule has 2 atom stereocenters. The Morgan fingerprint density at radius 3 is 2.67 bits per heavy atom. The lowest BCUT2D eigenvalue weighted by molar-refractivity contribution is 0.831. The van der Waals surface area contributed by atoms with Crippen LogP contribution < -0.4 is 10.6 Å². The van der Waals surface area contributed by atoms with E-state index >= 15 is 0 Å². The standard InChI is InChI=1S/C12H17N3/c1-13-12(14-2)15-11-8-10(11)9-6-4-3-5-7-9/h3-7,10-11H,8H2,1-2H3,(H2,13,14,15). The van der Waals surface area contributed by atoms with Gasteiger partial charge in [0.15, 0.2) is 5.96 Å². The van der Waals surface area contributed by atoms with Crippen LogP contribution in [0.4, 0.5) is 0 Å². The van der Waals surface area contributed by atoms with E-state index in [1.807, 2.05) is 7.05 Å². The number of rotatable bonds is 2. The number of guanidine groups is 1. The molecular weight excluding hydrogens is 186 g/mol. The first-order valence-corrected chi connectivity index (χ1v) is 5.31. The summed E-state index contributed by atoms with van der Waals surface area (Å²) in [7, 11) is 3.67. The Balaban J connectivity index is 1.92. The largest absolute Gasteiger partial charge is 0.359 e. The first-order chi connectivity index (χ1) is 7.35. The van der Waals surface area contributed by atoms with Crippen LogP contribution >= 0.6 is 0 Å². The van der Waals surface area contributed by atoms with Gasteiger partial charge in [0.1, 0.15) is 0 Å². The number of hydrogen-bond acceptors (Lipinski definition) is 1. The third kappa shape index (κ3) is 2.29. The zero-order valence-corrected chi connectivity index (χ0v) is 9.20. The normalized spacial score (nSPS) is 24.8. The summed E-state index contributed by atoms with van der Waals surface area (Å²) in [6.45, 7) is 0. The van der Waals surface area contributed by atoms with Gasteiger partial charge in [-0.05, 0) is 12.0 Å². The van der Waals surface area contributed by atoms with Gasteiger partial charge in [0.25, 0.3) is 0 Å². The molecule has 2 unspecified atom stereocenters. The Kier molecular flexibility index (Phi) is 2.90. The summed E-state index contributed by atoms with van der Waals surface area (Å²) in [5.74, 6) is 1.52. The average molecular weight is 203 g/mol. The Bertz CT molecular complexity index is 345. The molecule has 0 heterocycles. The second-order valence-corrected chi connectivity index (χ2v) is 3.83. The molecule has 1 aromatic carbocycles. The van der Waals surface area contributed by atoms with Gasteiger partial charge < -0.3 is 10.6 Å². The van der Waals surface area contributed by atoms with Gasteiger partial charge in [-0.3, -0.25) is 4.99 Å². The van der Waals surface area contributed by atoms with Gasteiger partial charge in [0.2, 0.25) is 0 Å². The SMILES string of the molecule is CN=C(NC)NC1CC1c1ccccc1. The number of benzene rings is 1. The topological polar surface area (TPSA) is 36.4 Å². The molecule has 1 aliphatic rings. The van der Waals surface area contributed by atoms with Crippen LogP contribution in [0, 0.1) is 0 Å². The fourth-order valence-corrected chi connectivity index (χ4v) is 1.85. The van der Waals surface area contributed by atoms with E-state index in [2.05, 4.69) is 46.0 Å². The molecule has 2 N–H and O–H groups in total. The fraction of sp³-hybridized carbons (Fsp3) is 0.417. The minimum atomic E-state index is 0.540. The van der Waals surface area contributed by atoms with Crippen molar-refractivity contribution in [2.75, 3.05) is 14.1 Å². The summed E-state index contributed by atoms with van der Waals surface area (Å²) < 4.78 is 0. The van der Waals surface area contributed by atoms with Gasteiger partial charge in [0.05, 0.1) is 0 Å². The maximum atomic E-state index is 4.11. The van der Waals surface area contributed by atoms with Crippen LogP contribution in [0.1, 0.15) is 17.9 Å². The van der Waals surface area contributed by atoms with Crippen molar-refractivity contribution < 1.29 is 0 Å². The maximum Gasteiger partial charge on any atom is 0.190 e. The van der Waals surface area contributed by atoms with E-state index in [-0.39, 0.29) is 0 Å². The number of aliphatic imine (C=N–C) groups is 1. The lowest BCUT2D eigenvalue weighted by Crippen LogP contribution is -2.36. The summed E-state index contributed by atoms with van der Waals surface area (Å²) in [4.78, 5) is 4.11. The quantitative estimate of drug-likeness (QED) is 0.562. The van der Waals surface area contributed by atoms with Crippen molar-refractivity contribution in [2.45, 2.75) is 18.4 Å². The fourth-order valence-electron chi connectivity index (χ4n) is 1.85. The number of nitrogens with zero attached hydrogens (tertiary/aromatic N) is 1. The Hall–Kier alpha value is -1.51. The van der Waals surface area contributed by atoms with Gasteiger partial charge in [0, 0.05) is 26.1 Å². The van der Waals surface area contributed by atoms with E-state index in [1.54, 1.807) is 7.05 Å². The minimum absolute atomic E-state index is 0.540. The smallest absolute Gasteiger partial charge is 0.190 e. The first kappa shape index (κ1) is 10.0. The Labute approximate surface area is 90.6 Å². The van der Waals surface area contributed by atoms with Crippen LogP contribution in [0.5, 0.6) is 0 Å². The van der Waals surface area contributed by atoms with Crippen molar-refractivity contribution in [1.82, 2.24) is 10.6 Å². The highest BCUT2D eigenvalue weighted by Crippen LogP contribution is 2.40. The van der Waals surface area contributed by atoms with Crippen molar-refractivity contribution in [2.24, 2.45) is 4.99 Å². The van der Waals surface area contributed by atoms with Crippen LogP contribution in [0.25, 0.3) is 0 Å². The summed E-state index contributed by atoms with van der Waals surface area (Å²) in [5.41, 5.74) is 1.42. The maximum absolute atomic E-state index is 4.11. The van der Waals surface area contributed by atoms with Gasteiger partial charge >= 0.3 is 0 Å². The monoisotopic (exact) mass is 203 g/mol. The molecule has 80 valence electrons. The highest BCUT2D eigenvalue weighted by atomic mass is 15.2. The lowest BCUT2D eigenvalue weighted by Gasteiger charge is -2.07. The minimum Gasteiger partial charge on any atom is -0.359 e. The molecule has 3 nitrogen and oxygen atoms in total. The van der Waals surface area contributed by atoms with E-state index in [9.17, 15) is 0 Å². The molecule has 1 saturated carbocycles. The van der Waals surface area contributed by atoms with Crippen molar-refractivity contribution in [3.05, 3.63) is 35.9 Å². The predicted octanol–water partition coefficient (Wildman–Crippen LogP) is 1.34. The summed E-state index contributed by atoms with van der Waals surface area (Å²) in [6, 6.07) is 11.2. The molecule has 2 rings (SSSR count). The first-order valence-electron chi connectivity index (χ1n) is 5.31. The summed E-state index contributed by atoms with van der Waals surface area (Å²) in [6.07, 6.45) is 1.20. The van der Waals surface area contributed by atoms with Crippen LogP contribution in [-0.4, -0.2) is 26.1 Å². The van der Waals surface area contributed by atoms with Crippen molar-refractivity contribution >= 4 is 5.96 Å². The van der Waals surface area contributed by atoms with Crippen molar-refractivity contribution in [1.29, 1.82) is 0 Å². The highest BCUT2D eigenvalue weighted by Gasteiger charge is 2.38. The molecule has 0 bridgehead atoms. The summed E-state index contributed by atoms with van der Waals surface area (Å²) in [5, 5.41) is 6.41. The van der Waals surface area contributed by atoms with Crippen LogP contribution in [0.2, 0.25) is 0 Å². The second kappa shape index (κ2) is 4.34. The van der Waals surface area contributed by atoms with Gasteiger partial charge in [-0.2, -0.15) is 0 Å². The molecule has 0 amide bonds. The average Bonchev–Trinajstić information content (AvgIpc) is 3.06. The molecule has 3 heteroatoms. The second-order valence-electron chi connectivity index (χ2n) is 3.83. The van der Waals surface area contributed by atoms with E-state index in [0.717, 1.165) is 5.96 Å². The Morgan fingerprint density at radius 1 is 1.33 bits per heavy atom. The molecule has 15 heavy (non-hydrogen) atoms. The molecule has 0 saturated heterocycles. The number of hydrogen-bond donors (Lipinski definition) is 2. The van der Waals surface area contributed by atoms with Gasteiger partial charge in [-0.15, -0.1) is 0 Å². The molecule has 0 aromatic heterocycles. The number of nitrogens with one attached hydrogen (secondary N) is 2. The molecule has 1 fully saturated rings. The van der Waals surface area contributed by atoms with Gasteiger partial charge in [-0.25, -0.2) is 0 Å². The third-order valence-electron chi connectivity index (χ3n) is 2.80. The third-order valence-corrected chi connectivity index (χ3v) is 2.80. The van der Waals surface area contributed by atoms with Gasteiger partial charge in [-0.1, -0.05) is 30.3 Å². The molecule has 1 aliphatic carbocycles. The lowest BCUT2D eigenvalue weighted by atomic mass is 10.1. The zero-order chi connectivity index (χ0) is 10.7. The zero-order valence-electron chi connectivity index (χ0n) is 9.20.